The van der Waals surface area contributed by atoms with Crippen molar-refractivity contribution in [3.63, 3.8) is 0 Å². The minimum atomic E-state index is -0.0407. The molecule has 1 N–H and O–H groups in total. The molecule has 3 saturated carbocycles. The van der Waals surface area contributed by atoms with Gasteiger partial charge < -0.3 is 10.1 Å². The van der Waals surface area contributed by atoms with Gasteiger partial charge in [-0.25, -0.2) is 9.97 Å². The third-order valence-electron chi connectivity index (χ3n) is 8.50. The molecule has 188 valence electrons. The lowest BCUT2D eigenvalue weighted by Gasteiger charge is -2.51. The Hall–Kier alpha value is -2.45. The van der Waals surface area contributed by atoms with Gasteiger partial charge in [0.05, 0.1) is 28.1 Å². The Morgan fingerprint density at radius 3 is 2.81 bits per heavy atom. The van der Waals surface area contributed by atoms with Crippen molar-refractivity contribution in [2.75, 3.05) is 12.9 Å². The molecule has 2 aromatic heterocycles. The summed E-state index contributed by atoms with van der Waals surface area (Å²) in [6.45, 7) is 4.31. The van der Waals surface area contributed by atoms with E-state index < -0.39 is 0 Å². The van der Waals surface area contributed by atoms with Crippen molar-refractivity contribution in [3.8, 4) is 5.75 Å². The number of aromatic nitrogens is 2. The lowest BCUT2D eigenvalue weighted by Crippen LogP contribution is -2.46. The van der Waals surface area contributed by atoms with Gasteiger partial charge in [0.15, 0.2) is 5.78 Å². The number of thiophene rings is 1. The highest BCUT2D eigenvalue weighted by atomic mass is 32.2. The van der Waals surface area contributed by atoms with Crippen LogP contribution in [0.5, 0.6) is 5.75 Å². The summed E-state index contributed by atoms with van der Waals surface area (Å²) in [7, 11) is 1.62. The van der Waals surface area contributed by atoms with Crippen LogP contribution in [0.15, 0.2) is 35.4 Å². The average Bonchev–Trinajstić information content (AvgIpc) is 3.39. The first kappa shape index (κ1) is 23.9. The van der Waals surface area contributed by atoms with E-state index in [-0.39, 0.29) is 23.5 Å². The molecule has 1 aromatic carbocycles. The fourth-order valence-electron chi connectivity index (χ4n) is 7.02. The van der Waals surface area contributed by atoms with Crippen LogP contribution in [0.1, 0.15) is 64.2 Å². The van der Waals surface area contributed by atoms with E-state index in [0.717, 1.165) is 52.3 Å². The molecule has 6 rings (SSSR count). The van der Waals surface area contributed by atoms with Crippen LogP contribution in [0, 0.1) is 30.1 Å². The predicted molar refractivity (Wildman–Crippen MR) is 143 cm³/mol. The number of fused-ring (bicyclic) bond motifs is 2. The highest BCUT2D eigenvalue weighted by Crippen LogP contribution is 2.66. The number of rotatable bonds is 7. The zero-order chi connectivity index (χ0) is 25.0. The molecule has 6 nitrogen and oxygen atoms in total. The molecule has 3 aromatic rings. The number of Topliss-reactive ketones (excluding diaryl/α,β-unsaturated/α-hetero) is 1. The number of hydrogen-bond acceptors (Lipinski definition) is 7. The van der Waals surface area contributed by atoms with Gasteiger partial charge in [-0.05, 0) is 92.5 Å². The first-order valence-electron chi connectivity index (χ1n) is 12.7. The number of amides is 1. The fraction of sp³-hybridized carbons (Fsp3) is 0.500. The van der Waals surface area contributed by atoms with E-state index in [1.54, 1.807) is 19.2 Å². The minimum Gasteiger partial charge on any atom is -0.497 e. The fourth-order valence-corrected chi connectivity index (χ4v) is 8.90. The summed E-state index contributed by atoms with van der Waals surface area (Å²) in [5.74, 6) is 3.98. The standard InChI is InChI=1S/C28H31N3O3S2/c1-15-29-22-5-4-19(34-3)11-20(22)27(30-15)35-14-23(32)24-6-7-25(36-24)26(33)31-18-8-16-9-21-17(10-18)13-28(21,2)12-16/h4-7,11,16-18,21H,8-10,12-14H2,1-3H3,(H,31,33)/t16-,17-,18-,21?,28?/m1/s1. The van der Waals surface area contributed by atoms with Crippen LogP contribution in [-0.2, 0) is 0 Å². The van der Waals surface area contributed by atoms with E-state index in [1.807, 2.05) is 25.1 Å². The number of carbonyl (C=O) groups excluding carboxylic acids is 2. The van der Waals surface area contributed by atoms with Gasteiger partial charge in [0.2, 0.25) is 0 Å². The SMILES string of the molecule is COc1ccc2nc(C)nc(SCC(=O)c3ccc(C(=O)N[C@@H]4C[C@@H]5CC6[C@H](C4)CC6(C)C5)s3)c2c1. The number of benzene rings is 1. The first-order valence-corrected chi connectivity index (χ1v) is 14.5. The van der Waals surface area contributed by atoms with Crippen molar-refractivity contribution in [2.45, 2.75) is 57.0 Å². The van der Waals surface area contributed by atoms with Crippen LogP contribution >= 0.6 is 23.1 Å². The van der Waals surface area contributed by atoms with E-state index in [4.69, 9.17) is 4.74 Å². The van der Waals surface area contributed by atoms with E-state index in [0.29, 0.717) is 21.0 Å². The number of hydrogen-bond donors (Lipinski definition) is 1. The van der Waals surface area contributed by atoms with Crippen LogP contribution in [0.25, 0.3) is 10.9 Å². The molecular formula is C28H31N3O3S2. The maximum absolute atomic E-state index is 13.0. The molecule has 0 aliphatic heterocycles. The number of ether oxygens (including phenoxy) is 1. The second-order valence-electron chi connectivity index (χ2n) is 11.0. The zero-order valence-corrected chi connectivity index (χ0v) is 22.5. The van der Waals surface area contributed by atoms with Crippen molar-refractivity contribution in [1.29, 1.82) is 0 Å². The third kappa shape index (κ3) is 4.32. The van der Waals surface area contributed by atoms with Crippen molar-refractivity contribution in [3.05, 3.63) is 45.9 Å². The summed E-state index contributed by atoms with van der Waals surface area (Å²) >= 11 is 2.68. The van der Waals surface area contributed by atoms with Crippen LogP contribution in [0.2, 0.25) is 0 Å². The maximum atomic E-state index is 13.0. The third-order valence-corrected chi connectivity index (χ3v) is 10.6. The summed E-state index contributed by atoms with van der Waals surface area (Å²) < 4.78 is 5.35. The molecule has 3 aliphatic rings. The number of aryl methyl sites for hydroxylation is 1. The van der Waals surface area contributed by atoms with Crippen molar-refractivity contribution < 1.29 is 14.3 Å². The zero-order valence-electron chi connectivity index (χ0n) is 20.9. The summed E-state index contributed by atoms with van der Waals surface area (Å²) in [6.07, 6.45) is 6.19. The van der Waals surface area contributed by atoms with Gasteiger partial charge in [0, 0.05) is 11.4 Å². The van der Waals surface area contributed by atoms with E-state index >= 15 is 0 Å². The lowest BCUT2D eigenvalue weighted by atomic mass is 9.54. The summed E-state index contributed by atoms with van der Waals surface area (Å²) in [6, 6.07) is 9.50. The van der Waals surface area contributed by atoms with Crippen molar-refractivity contribution in [2.24, 2.45) is 23.2 Å². The minimum absolute atomic E-state index is 0.00288. The van der Waals surface area contributed by atoms with E-state index in [9.17, 15) is 9.59 Å². The highest BCUT2D eigenvalue weighted by Gasteiger charge is 2.58. The molecule has 3 fully saturated rings. The predicted octanol–water partition coefficient (Wildman–Crippen LogP) is 5.93. The molecule has 2 unspecified atom stereocenters. The molecule has 1 amide bonds. The number of nitrogens with zero attached hydrogens (tertiary/aromatic N) is 2. The normalized spacial score (nSPS) is 28.4. The molecule has 0 saturated heterocycles. The van der Waals surface area contributed by atoms with Crippen LogP contribution in [-0.4, -0.2) is 40.6 Å². The number of nitrogens with one attached hydrogen (secondary N) is 1. The Labute approximate surface area is 219 Å². The Bertz CT molecular complexity index is 1350. The molecule has 8 heteroatoms. The molecule has 2 bridgehead atoms. The lowest BCUT2D eigenvalue weighted by molar-refractivity contribution is -0.0112. The Balaban J connectivity index is 1.10. The second-order valence-corrected chi connectivity index (χ2v) is 13.1. The Morgan fingerprint density at radius 2 is 1.97 bits per heavy atom. The monoisotopic (exact) mass is 521 g/mol. The number of carbonyl (C=O) groups is 2. The molecule has 5 atom stereocenters. The number of ketones is 1. The molecule has 3 aliphatic carbocycles. The second kappa shape index (κ2) is 9.14. The summed E-state index contributed by atoms with van der Waals surface area (Å²) in [5.41, 5.74) is 1.40. The highest BCUT2D eigenvalue weighted by molar-refractivity contribution is 8.00. The van der Waals surface area contributed by atoms with Gasteiger partial charge in [-0.3, -0.25) is 9.59 Å². The van der Waals surface area contributed by atoms with Crippen molar-refractivity contribution in [1.82, 2.24) is 15.3 Å². The number of thioether (sulfide) groups is 1. The molecule has 0 spiro atoms. The topological polar surface area (TPSA) is 81.2 Å². The average molecular weight is 522 g/mol. The smallest absolute Gasteiger partial charge is 0.261 e. The Kier molecular flexibility index (Phi) is 6.07. The van der Waals surface area contributed by atoms with E-state index in [1.165, 1.54) is 42.4 Å². The van der Waals surface area contributed by atoms with E-state index in [2.05, 4.69) is 22.2 Å². The summed E-state index contributed by atoms with van der Waals surface area (Å²) in [4.78, 5) is 36.3. The van der Waals surface area contributed by atoms with Crippen LogP contribution in [0.3, 0.4) is 0 Å². The van der Waals surface area contributed by atoms with Gasteiger partial charge in [-0.2, -0.15) is 0 Å². The quantitative estimate of drug-likeness (QED) is 0.236. The number of methoxy groups -OCH3 is 1. The van der Waals surface area contributed by atoms with Gasteiger partial charge in [-0.15, -0.1) is 11.3 Å². The molecule has 0 radical (unpaired) electrons. The summed E-state index contributed by atoms with van der Waals surface area (Å²) in [5, 5.41) is 4.93. The molecular weight excluding hydrogens is 490 g/mol. The Morgan fingerprint density at radius 1 is 1.14 bits per heavy atom. The van der Waals surface area contributed by atoms with Crippen LogP contribution in [0.4, 0.5) is 0 Å². The van der Waals surface area contributed by atoms with Crippen molar-refractivity contribution >= 4 is 45.7 Å². The largest absolute Gasteiger partial charge is 0.497 e. The van der Waals surface area contributed by atoms with Gasteiger partial charge in [0.1, 0.15) is 16.6 Å². The van der Waals surface area contributed by atoms with Gasteiger partial charge >= 0.3 is 0 Å². The molecule has 2 heterocycles. The van der Waals surface area contributed by atoms with Gasteiger partial charge in [-0.1, -0.05) is 18.7 Å². The van der Waals surface area contributed by atoms with Gasteiger partial charge in [0.25, 0.3) is 5.91 Å². The molecule has 36 heavy (non-hydrogen) atoms. The van der Waals surface area contributed by atoms with Crippen LogP contribution < -0.4 is 10.1 Å². The maximum Gasteiger partial charge on any atom is 0.261 e. The first-order chi connectivity index (χ1) is 17.3.